The first-order valence-corrected chi connectivity index (χ1v) is 9.51. The number of carbonyl (C=O) groups is 1. The number of anilines is 1. The van der Waals surface area contributed by atoms with E-state index in [2.05, 4.69) is 30.4 Å². The average Bonchev–Trinajstić information content (AvgIpc) is 3.11. The molecule has 0 fully saturated rings. The Kier molecular flexibility index (Phi) is 4.81. The van der Waals surface area contributed by atoms with Crippen LogP contribution in [0.5, 0.6) is 0 Å². The normalized spacial score (nSPS) is 11.1. The summed E-state index contributed by atoms with van der Waals surface area (Å²) in [6.45, 7) is 2.09. The molecule has 0 saturated heterocycles. The molecule has 1 heterocycles. The summed E-state index contributed by atoms with van der Waals surface area (Å²) >= 11 is 1.68. The van der Waals surface area contributed by atoms with Gasteiger partial charge in [0.15, 0.2) is 0 Å². The van der Waals surface area contributed by atoms with Crippen molar-refractivity contribution < 1.29 is 4.79 Å². The van der Waals surface area contributed by atoms with Gasteiger partial charge in [0.1, 0.15) is 5.01 Å². The molecular formula is C23H18N2OS. The highest BCUT2D eigenvalue weighted by atomic mass is 32.1. The Morgan fingerprint density at radius 1 is 1.00 bits per heavy atom. The summed E-state index contributed by atoms with van der Waals surface area (Å²) in [4.78, 5) is 16.8. The van der Waals surface area contributed by atoms with Crippen LogP contribution in [0.4, 0.5) is 5.69 Å². The van der Waals surface area contributed by atoms with Crippen molar-refractivity contribution in [1.29, 1.82) is 0 Å². The van der Waals surface area contributed by atoms with Crippen LogP contribution >= 0.6 is 11.3 Å². The van der Waals surface area contributed by atoms with Crippen LogP contribution in [0.25, 0.3) is 26.9 Å². The number of fused-ring (bicyclic) bond motifs is 1. The number of nitrogens with one attached hydrogen (secondary N) is 1. The Morgan fingerprint density at radius 3 is 2.56 bits per heavy atom. The second-order valence-electron chi connectivity index (χ2n) is 6.30. The molecule has 0 bridgehead atoms. The minimum absolute atomic E-state index is 0.151. The lowest BCUT2D eigenvalue weighted by Gasteiger charge is -2.03. The highest BCUT2D eigenvalue weighted by molar-refractivity contribution is 7.21. The van der Waals surface area contributed by atoms with E-state index in [4.69, 9.17) is 4.98 Å². The van der Waals surface area contributed by atoms with Crippen LogP contribution in [-0.2, 0) is 4.79 Å². The molecular weight excluding hydrogens is 352 g/mol. The largest absolute Gasteiger partial charge is 0.323 e. The molecule has 3 aromatic carbocycles. The van der Waals surface area contributed by atoms with Crippen LogP contribution in [0.3, 0.4) is 0 Å². The molecule has 1 aromatic heterocycles. The zero-order chi connectivity index (χ0) is 18.6. The number of rotatable bonds is 4. The maximum Gasteiger partial charge on any atom is 0.248 e. The van der Waals surface area contributed by atoms with E-state index in [-0.39, 0.29) is 5.91 Å². The summed E-state index contributed by atoms with van der Waals surface area (Å²) < 4.78 is 1.19. The van der Waals surface area contributed by atoms with Gasteiger partial charge in [-0.05, 0) is 60.5 Å². The van der Waals surface area contributed by atoms with Crippen LogP contribution < -0.4 is 5.32 Å². The molecule has 1 amide bonds. The summed E-state index contributed by atoms with van der Waals surface area (Å²) in [5.41, 5.74) is 5.06. The number of nitrogens with zero attached hydrogens (tertiary/aromatic N) is 1. The quantitative estimate of drug-likeness (QED) is 0.453. The molecule has 0 saturated carbocycles. The minimum Gasteiger partial charge on any atom is -0.323 e. The lowest BCUT2D eigenvalue weighted by molar-refractivity contribution is -0.111. The first-order chi connectivity index (χ1) is 13.2. The third-order valence-corrected chi connectivity index (χ3v) is 5.24. The zero-order valence-electron chi connectivity index (χ0n) is 14.8. The molecule has 4 aromatic rings. The van der Waals surface area contributed by atoms with Gasteiger partial charge in [-0.15, -0.1) is 11.3 Å². The van der Waals surface area contributed by atoms with Crippen LogP contribution in [0, 0.1) is 6.92 Å². The summed E-state index contributed by atoms with van der Waals surface area (Å²) in [5, 5.41) is 3.87. The predicted octanol–water partition coefficient (Wildman–Crippen LogP) is 5.92. The van der Waals surface area contributed by atoms with Crippen molar-refractivity contribution in [3.63, 3.8) is 0 Å². The van der Waals surface area contributed by atoms with E-state index in [0.717, 1.165) is 27.3 Å². The third kappa shape index (κ3) is 4.13. The molecule has 0 spiro atoms. The number of thiazole rings is 1. The van der Waals surface area contributed by atoms with Crippen molar-refractivity contribution in [3.05, 3.63) is 90.0 Å². The highest BCUT2D eigenvalue weighted by Crippen LogP contribution is 2.31. The van der Waals surface area contributed by atoms with E-state index >= 15 is 0 Å². The second-order valence-corrected chi connectivity index (χ2v) is 7.33. The monoisotopic (exact) mass is 370 g/mol. The predicted molar refractivity (Wildman–Crippen MR) is 114 cm³/mol. The van der Waals surface area contributed by atoms with Crippen molar-refractivity contribution >= 4 is 39.2 Å². The first-order valence-electron chi connectivity index (χ1n) is 8.69. The molecule has 0 atom stereocenters. The van der Waals surface area contributed by atoms with Crippen LogP contribution in [0.15, 0.2) is 78.9 Å². The summed E-state index contributed by atoms with van der Waals surface area (Å²) in [6, 6.07) is 23.8. The van der Waals surface area contributed by atoms with Gasteiger partial charge in [-0.25, -0.2) is 4.98 Å². The van der Waals surface area contributed by atoms with Crippen molar-refractivity contribution in [2.75, 3.05) is 5.32 Å². The van der Waals surface area contributed by atoms with E-state index in [1.165, 1.54) is 10.3 Å². The molecule has 0 aliphatic heterocycles. The van der Waals surface area contributed by atoms with Gasteiger partial charge in [-0.1, -0.05) is 36.4 Å². The summed E-state index contributed by atoms with van der Waals surface area (Å²) in [7, 11) is 0. The summed E-state index contributed by atoms with van der Waals surface area (Å²) in [6.07, 6.45) is 3.34. The standard InChI is InChI=1S/C23H18N2OS/c1-16-7-13-20-21(15-16)27-23(25-20)18-9-11-19(12-10-18)24-22(26)14-8-17-5-3-2-4-6-17/h2-15H,1H3,(H,24,26)/b14-8-. The van der Waals surface area contributed by atoms with Gasteiger partial charge in [0.25, 0.3) is 0 Å². The number of amides is 1. The van der Waals surface area contributed by atoms with Crippen molar-refractivity contribution in [2.24, 2.45) is 0 Å². The number of aromatic nitrogens is 1. The Balaban J connectivity index is 1.46. The number of hydrogen-bond acceptors (Lipinski definition) is 3. The fraction of sp³-hybridized carbons (Fsp3) is 0.0435. The maximum absolute atomic E-state index is 12.1. The van der Waals surface area contributed by atoms with Crippen LogP contribution in [-0.4, -0.2) is 10.9 Å². The molecule has 4 heteroatoms. The Morgan fingerprint density at radius 2 is 1.78 bits per heavy atom. The van der Waals surface area contributed by atoms with Crippen LogP contribution in [0.1, 0.15) is 11.1 Å². The molecule has 132 valence electrons. The van der Waals surface area contributed by atoms with Gasteiger partial charge in [0.05, 0.1) is 10.2 Å². The molecule has 3 nitrogen and oxygen atoms in total. The van der Waals surface area contributed by atoms with Crippen molar-refractivity contribution in [2.45, 2.75) is 6.92 Å². The Bertz CT molecular complexity index is 1110. The molecule has 1 N–H and O–H groups in total. The van der Waals surface area contributed by atoms with E-state index in [9.17, 15) is 4.79 Å². The third-order valence-electron chi connectivity index (χ3n) is 4.17. The molecule has 0 aliphatic carbocycles. The first kappa shape index (κ1) is 17.2. The van der Waals surface area contributed by atoms with Gasteiger partial charge in [0.2, 0.25) is 5.91 Å². The zero-order valence-corrected chi connectivity index (χ0v) is 15.7. The van der Waals surface area contributed by atoms with Crippen LogP contribution in [0.2, 0.25) is 0 Å². The Hall–Kier alpha value is -3.24. The minimum atomic E-state index is -0.151. The molecule has 4 rings (SSSR count). The lowest BCUT2D eigenvalue weighted by atomic mass is 10.2. The Labute approximate surface area is 162 Å². The number of carbonyl (C=O) groups excluding carboxylic acids is 1. The smallest absolute Gasteiger partial charge is 0.248 e. The maximum atomic E-state index is 12.1. The van der Waals surface area contributed by atoms with Gasteiger partial charge in [0, 0.05) is 17.3 Å². The highest BCUT2D eigenvalue weighted by Gasteiger charge is 2.07. The van der Waals surface area contributed by atoms with Gasteiger partial charge in [-0.2, -0.15) is 0 Å². The SMILES string of the molecule is Cc1ccc2nc(-c3ccc(NC(=O)/C=C\c4ccccc4)cc3)sc2c1. The molecule has 27 heavy (non-hydrogen) atoms. The van der Waals surface area contributed by atoms with Gasteiger partial charge >= 0.3 is 0 Å². The lowest BCUT2D eigenvalue weighted by Crippen LogP contribution is -2.07. The van der Waals surface area contributed by atoms with E-state index in [1.807, 2.05) is 54.6 Å². The number of aryl methyl sites for hydroxylation is 1. The fourth-order valence-electron chi connectivity index (χ4n) is 2.77. The molecule has 0 radical (unpaired) electrons. The number of benzene rings is 3. The molecule has 0 aliphatic rings. The van der Waals surface area contributed by atoms with Gasteiger partial charge in [-0.3, -0.25) is 4.79 Å². The van der Waals surface area contributed by atoms with E-state index < -0.39 is 0 Å². The summed E-state index contributed by atoms with van der Waals surface area (Å²) in [5.74, 6) is -0.151. The van der Waals surface area contributed by atoms with E-state index in [0.29, 0.717) is 0 Å². The second kappa shape index (κ2) is 7.56. The fourth-order valence-corrected chi connectivity index (χ4v) is 3.84. The van der Waals surface area contributed by atoms with Gasteiger partial charge < -0.3 is 5.32 Å². The topological polar surface area (TPSA) is 42.0 Å². The molecule has 0 unspecified atom stereocenters. The van der Waals surface area contributed by atoms with Crippen molar-refractivity contribution in [1.82, 2.24) is 4.98 Å². The number of hydrogen-bond donors (Lipinski definition) is 1. The van der Waals surface area contributed by atoms with E-state index in [1.54, 1.807) is 23.5 Å². The average molecular weight is 370 g/mol. The van der Waals surface area contributed by atoms with Crippen molar-refractivity contribution in [3.8, 4) is 10.6 Å².